The first-order valence-electron chi connectivity index (χ1n) is 11.8. The summed E-state index contributed by atoms with van der Waals surface area (Å²) in [6.07, 6.45) is -1.40. The largest absolute Gasteiger partial charge is 0.468 e. The average Bonchev–Trinajstić information content (AvgIpc) is 3.30. The normalized spacial score (nSPS) is 20.4. The van der Waals surface area contributed by atoms with Crippen LogP contribution in [-0.4, -0.2) is 48.1 Å². The van der Waals surface area contributed by atoms with E-state index in [0.29, 0.717) is 6.61 Å². The Morgan fingerprint density at radius 3 is 1.88 bits per heavy atom. The molecular formula is C29H33NO4. The third-order valence-electron chi connectivity index (χ3n) is 6.64. The van der Waals surface area contributed by atoms with Gasteiger partial charge >= 0.3 is 5.97 Å². The minimum absolute atomic E-state index is 0.145. The van der Waals surface area contributed by atoms with Crippen molar-refractivity contribution in [1.82, 2.24) is 4.90 Å². The van der Waals surface area contributed by atoms with Gasteiger partial charge in [0.15, 0.2) is 0 Å². The Labute approximate surface area is 201 Å². The molecule has 3 aromatic carbocycles. The average molecular weight is 460 g/mol. The molecular weight excluding hydrogens is 426 g/mol. The molecule has 5 nitrogen and oxygen atoms in total. The summed E-state index contributed by atoms with van der Waals surface area (Å²) in [5.74, 6) is -0.770. The molecule has 1 heterocycles. The van der Waals surface area contributed by atoms with E-state index in [0.717, 1.165) is 16.7 Å². The molecule has 1 N–H and O–H groups in total. The zero-order chi connectivity index (χ0) is 24.1. The van der Waals surface area contributed by atoms with Gasteiger partial charge in [-0.15, -0.1) is 0 Å². The van der Waals surface area contributed by atoms with Crippen LogP contribution in [0, 0.1) is 5.92 Å². The molecule has 178 valence electrons. The van der Waals surface area contributed by atoms with Crippen molar-refractivity contribution < 1.29 is 19.4 Å². The zero-order valence-corrected chi connectivity index (χ0v) is 20.0. The molecule has 4 rings (SSSR count). The number of aliphatic hydroxyl groups excluding tert-OH is 1. The molecule has 1 aliphatic heterocycles. The first kappa shape index (κ1) is 24.1. The SMILES string of the molecule is COC(=O)[C@H]([C@@H](O)C(C)C)N1[C@@H](c2ccccc2)CO[C@H]1C(c1ccccc1)c1ccccc1. The first-order valence-corrected chi connectivity index (χ1v) is 11.8. The number of esters is 1. The molecule has 1 aliphatic rings. The molecule has 0 aromatic heterocycles. The highest BCUT2D eigenvalue weighted by atomic mass is 16.5. The fourth-order valence-corrected chi connectivity index (χ4v) is 4.87. The Kier molecular flexibility index (Phi) is 7.78. The third-order valence-corrected chi connectivity index (χ3v) is 6.64. The summed E-state index contributed by atoms with van der Waals surface area (Å²) >= 11 is 0. The minimum Gasteiger partial charge on any atom is -0.468 e. The number of ether oxygens (including phenoxy) is 2. The maximum absolute atomic E-state index is 13.2. The van der Waals surface area contributed by atoms with Crippen molar-refractivity contribution >= 4 is 5.97 Å². The minimum atomic E-state index is -0.921. The van der Waals surface area contributed by atoms with E-state index in [9.17, 15) is 9.90 Å². The number of carbonyl (C=O) groups is 1. The number of hydrogen-bond donors (Lipinski definition) is 1. The van der Waals surface area contributed by atoms with Crippen LogP contribution >= 0.6 is 0 Å². The molecule has 0 spiro atoms. The second-order valence-corrected chi connectivity index (χ2v) is 9.10. The van der Waals surface area contributed by atoms with Crippen molar-refractivity contribution in [3.05, 3.63) is 108 Å². The van der Waals surface area contributed by atoms with E-state index in [1.54, 1.807) is 0 Å². The summed E-state index contributed by atoms with van der Waals surface area (Å²) in [4.78, 5) is 15.2. The highest BCUT2D eigenvalue weighted by molar-refractivity contribution is 5.76. The number of rotatable bonds is 8. The monoisotopic (exact) mass is 459 g/mol. The highest BCUT2D eigenvalue weighted by Crippen LogP contribution is 2.42. The Hall–Kier alpha value is -2.99. The molecule has 5 heteroatoms. The lowest BCUT2D eigenvalue weighted by Crippen LogP contribution is -2.55. The predicted molar refractivity (Wildman–Crippen MR) is 132 cm³/mol. The molecule has 0 aliphatic carbocycles. The summed E-state index contributed by atoms with van der Waals surface area (Å²) in [5, 5.41) is 11.3. The Morgan fingerprint density at radius 2 is 1.41 bits per heavy atom. The molecule has 0 amide bonds. The third kappa shape index (κ3) is 4.92. The van der Waals surface area contributed by atoms with E-state index in [4.69, 9.17) is 9.47 Å². The van der Waals surface area contributed by atoms with Crippen LogP contribution in [0.5, 0.6) is 0 Å². The van der Waals surface area contributed by atoms with Crippen LogP contribution in [0.1, 0.15) is 42.5 Å². The van der Waals surface area contributed by atoms with E-state index in [1.165, 1.54) is 7.11 Å². The van der Waals surface area contributed by atoms with E-state index < -0.39 is 24.3 Å². The summed E-state index contributed by atoms with van der Waals surface area (Å²) in [5.41, 5.74) is 3.20. The van der Waals surface area contributed by atoms with E-state index in [2.05, 4.69) is 24.3 Å². The summed E-state index contributed by atoms with van der Waals surface area (Å²) in [6, 6.07) is 29.3. The Morgan fingerprint density at radius 1 is 0.912 bits per heavy atom. The van der Waals surface area contributed by atoms with Crippen LogP contribution in [0.15, 0.2) is 91.0 Å². The molecule has 0 unspecified atom stereocenters. The summed E-state index contributed by atoms with van der Waals surface area (Å²) in [7, 11) is 1.37. The first-order chi connectivity index (χ1) is 16.5. The lowest BCUT2D eigenvalue weighted by Gasteiger charge is -2.40. The second-order valence-electron chi connectivity index (χ2n) is 9.10. The van der Waals surface area contributed by atoms with Gasteiger partial charge in [0.25, 0.3) is 0 Å². The van der Waals surface area contributed by atoms with Gasteiger partial charge in [0.2, 0.25) is 0 Å². The zero-order valence-electron chi connectivity index (χ0n) is 20.0. The molecule has 0 bridgehead atoms. The second kappa shape index (κ2) is 11.0. The Bertz CT molecular complexity index is 1000. The van der Waals surface area contributed by atoms with Crippen molar-refractivity contribution in [2.24, 2.45) is 5.92 Å². The maximum Gasteiger partial charge on any atom is 0.325 e. The highest BCUT2D eigenvalue weighted by Gasteiger charge is 2.49. The smallest absolute Gasteiger partial charge is 0.325 e. The molecule has 0 saturated carbocycles. The lowest BCUT2D eigenvalue weighted by molar-refractivity contribution is -0.158. The number of aliphatic hydroxyl groups is 1. The molecule has 3 aromatic rings. The van der Waals surface area contributed by atoms with Crippen LogP contribution in [0.25, 0.3) is 0 Å². The molecule has 1 fully saturated rings. The van der Waals surface area contributed by atoms with Crippen molar-refractivity contribution in [3.63, 3.8) is 0 Å². The molecule has 4 atom stereocenters. The van der Waals surface area contributed by atoms with E-state index in [1.807, 2.05) is 85.5 Å². The van der Waals surface area contributed by atoms with Crippen LogP contribution in [0.4, 0.5) is 0 Å². The van der Waals surface area contributed by atoms with Gasteiger partial charge in [-0.05, 0) is 22.6 Å². The van der Waals surface area contributed by atoms with Crippen molar-refractivity contribution in [2.45, 2.75) is 44.2 Å². The van der Waals surface area contributed by atoms with Crippen LogP contribution in [0.3, 0.4) is 0 Å². The van der Waals surface area contributed by atoms with Gasteiger partial charge in [-0.1, -0.05) is 105 Å². The fraction of sp³-hybridized carbons (Fsp3) is 0.345. The van der Waals surface area contributed by atoms with Gasteiger partial charge in [0.05, 0.1) is 25.9 Å². The molecule has 1 saturated heterocycles. The van der Waals surface area contributed by atoms with Gasteiger partial charge < -0.3 is 14.6 Å². The van der Waals surface area contributed by atoms with Crippen LogP contribution in [0.2, 0.25) is 0 Å². The van der Waals surface area contributed by atoms with Gasteiger partial charge in [-0.25, -0.2) is 0 Å². The summed E-state index contributed by atoms with van der Waals surface area (Å²) in [6.45, 7) is 4.23. The number of carbonyl (C=O) groups excluding carboxylic acids is 1. The van der Waals surface area contributed by atoms with Crippen LogP contribution in [-0.2, 0) is 14.3 Å². The Balaban J connectivity index is 1.87. The van der Waals surface area contributed by atoms with Gasteiger partial charge in [-0.3, -0.25) is 9.69 Å². The summed E-state index contributed by atoms with van der Waals surface area (Å²) < 4.78 is 11.7. The molecule has 0 radical (unpaired) electrons. The number of hydrogen-bond acceptors (Lipinski definition) is 5. The van der Waals surface area contributed by atoms with E-state index >= 15 is 0 Å². The number of nitrogens with zero attached hydrogens (tertiary/aromatic N) is 1. The standard InChI is InChI=1S/C29H33NO4/c1-20(2)27(31)26(29(32)33-3)30-24(21-13-7-4-8-14-21)19-34-28(30)25(22-15-9-5-10-16-22)23-17-11-6-12-18-23/h4-18,20,24-28,31H,19H2,1-3H3/t24-,26+,27+,28+/m1/s1. The predicted octanol–water partition coefficient (Wildman–Crippen LogP) is 4.78. The van der Waals surface area contributed by atoms with Crippen molar-refractivity contribution in [2.75, 3.05) is 13.7 Å². The quantitative estimate of drug-likeness (QED) is 0.492. The number of methoxy groups -OCH3 is 1. The lowest BCUT2D eigenvalue weighted by atomic mass is 9.87. The van der Waals surface area contributed by atoms with Crippen LogP contribution < -0.4 is 0 Å². The van der Waals surface area contributed by atoms with Gasteiger partial charge in [0.1, 0.15) is 12.3 Å². The molecule has 34 heavy (non-hydrogen) atoms. The van der Waals surface area contributed by atoms with Crippen molar-refractivity contribution in [1.29, 1.82) is 0 Å². The fourth-order valence-electron chi connectivity index (χ4n) is 4.87. The maximum atomic E-state index is 13.2. The van der Waals surface area contributed by atoms with Crippen molar-refractivity contribution in [3.8, 4) is 0 Å². The van der Waals surface area contributed by atoms with Gasteiger partial charge in [0, 0.05) is 5.92 Å². The van der Waals surface area contributed by atoms with E-state index in [-0.39, 0.29) is 17.9 Å². The number of benzene rings is 3. The van der Waals surface area contributed by atoms with Gasteiger partial charge in [-0.2, -0.15) is 0 Å². The topological polar surface area (TPSA) is 59.0 Å².